The zero-order valence-corrected chi connectivity index (χ0v) is 14.3. The van der Waals surface area contributed by atoms with Crippen LogP contribution in [-0.4, -0.2) is 50.3 Å². The predicted octanol–water partition coefficient (Wildman–Crippen LogP) is 3.15. The molecule has 1 N–H and O–H groups in total. The van der Waals surface area contributed by atoms with Gasteiger partial charge < -0.3 is 10.1 Å². The van der Waals surface area contributed by atoms with Gasteiger partial charge in [0.15, 0.2) is 0 Å². The molecule has 116 valence electrons. The van der Waals surface area contributed by atoms with Crippen molar-refractivity contribution in [1.82, 2.24) is 10.2 Å². The van der Waals surface area contributed by atoms with Gasteiger partial charge in [0.25, 0.3) is 0 Å². The number of ether oxygens (including phenoxy) is 1. The normalized spacial score (nSPS) is 14.4. The topological polar surface area (TPSA) is 24.5 Å². The van der Waals surface area contributed by atoms with Gasteiger partial charge in [0.2, 0.25) is 0 Å². The molecule has 0 aromatic rings. The molecule has 0 saturated carbocycles. The van der Waals surface area contributed by atoms with Crippen molar-refractivity contribution in [2.45, 2.75) is 66.5 Å². The number of likely N-dealkylation sites (N-methyl/N-ethyl adjacent to an activating group) is 1. The molecule has 1 atom stereocenters. The van der Waals surface area contributed by atoms with Crippen molar-refractivity contribution in [3.63, 3.8) is 0 Å². The second kappa shape index (κ2) is 9.73. The van der Waals surface area contributed by atoms with E-state index >= 15 is 0 Å². The molecule has 0 amide bonds. The van der Waals surface area contributed by atoms with E-state index in [9.17, 15) is 0 Å². The smallest absolute Gasteiger partial charge is 0.0589 e. The minimum atomic E-state index is 0.285. The van der Waals surface area contributed by atoms with Crippen LogP contribution >= 0.6 is 0 Å². The van der Waals surface area contributed by atoms with E-state index in [4.69, 9.17) is 4.74 Å². The number of rotatable bonds is 10. The van der Waals surface area contributed by atoms with Crippen molar-refractivity contribution >= 4 is 0 Å². The Kier molecular flexibility index (Phi) is 9.67. The van der Waals surface area contributed by atoms with Gasteiger partial charge in [0, 0.05) is 32.3 Å². The Labute approximate surface area is 121 Å². The summed E-state index contributed by atoms with van der Waals surface area (Å²) >= 11 is 0. The van der Waals surface area contributed by atoms with Crippen LogP contribution in [0.25, 0.3) is 0 Å². The van der Waals surface area contributed by atoms with Crippen molar-refractivity contribution < 1.29 is 4.74 Å². The van der Waals surface area contributed by atoms with E-state index < -0.39 is 0 Å². The SMILES string of the molecule is CCNC(CN(CCOC)C(CC)CC)C(C)(C)C. The van der Waals surface area contributed by atoms with E-state index in [-0.39, 0.29) is 5.41 Å². The second-order valence-electron chi connectivity index (χ2n) is 6.43. The summed E-state index contributed by atoms with van der Waals surface area (Å²) in [4.78, 5) is 2.60. The Morgan fingerprint density at radius 3 is 2.05 bits per heavy atom. The average Bonchev–Trinajstić information content (AvgIpc) is 2.34. The number of methoxy groups -OCH3 is 1. The lowest BCUT2D eigenvalue weighted by Crippen LogP contribution is -2.51. The molecule has 3 nitrogen and oxygen atoms in total. The number of hydrogen-bond donors (Lipinski definition) is 1. The van der Waals surface area contributed by atoms with Crippen LogP contribution in [-0.2, 0) is 4.74 Å². The van der Waals surface area contributed by atoms with Crippen LogP contribution in [0.5, 0.6) is 0 Å². The average molecular weight is 272 g/mol. The van der Waals surface area contributed by atoms with Crippen molar-refractivity contribution in [2.75, 3.05) is 33.4 Å². The highest BCUT2D eigenvalue weighted by Gasteiger charge is 2.27. The highest BCUT2D eigenvalue weighted by atomic mass is 16.5. The fourth-order valence-electron chi connectivity index (χ4n) is 2.56. The molecule has 0 aromatic heterocycles. The molecular formula is C16H36N2O. The third-order valence-corrected chi connectivity index (χ3v) is 3.95. The standard InChI is InChI=1S/C16H36N2O/c1-8-14(9-2)18(11-12-19-7)13-15(17-10-3)16(4,5)6/h14-15,17H,8-13H2,1-7H3. The summed E-state index contributed by atoms with van der Waals surface area (Å²) in [6, 6.07) is 1.19. The van der Waals surface area contributed by atoms with Crippen molar-refractivity contribution in [2.24, 2.45) is 5.41 Å². The zero-order valence-electron chi connectivity index (χ0n) is 14.3. The van der Waals surface area contributed by atoms with Crippen molar-refractivity contribution in [3.8, 4) is 0 Å². The lowest BCUT2D eigenvalue weighted by Gasteiger charge is -2.39. The molecule has 3 heteroatoms. The van der Waals surface area contributed by atoms with Gasteiger partial charge in [-0.15, -0.1) is 0 Å². The van der Waals surface area contributed by atoms with Crippen LogP contribution in [0.15, 0.2) is 0 Å². The Bertz CT molecular complexity index is 209. The van der Waals surface area contributed by atoms with E-state index in [1.807, 2.05) is 0 Å². The Morgan fingerprint density at radius 2 is 1.68 bits per heavy atom. The molecule has 0 fully saturated rings. The fourth-order valence-corrected chi connectivity index (χ4v) is 2.56. The summed E-state index contributed by atoms with van der Waals surface area (Å²) in [7, 11) is 1.79. The Hall–Kier alpha value is -0.120. The summed E-state index contributed by atoms with van der Waals surface area (Å²) < 4.78 is 5.28. The van der Waals surface area contributed by atoms with Crippen molar-refractivity contribution in [1.29, 1.82) is 0 Å². The Morgan fingerprint density at radius 1 is 1.11 bits per heavy atom. The van der Waals surface area contributed by atoms with Gasteiger partial charge in [-0.3, -0.25) is 4.90 Å². The van der Waals surface area contributed by atoms with E-state index in [2.05, 4.69) is 51.8 Å². The third-order valence-electron chi connectivity index (χ3n) is 3.95. The van der Waals surface area contributed by atoms with Gasteiger partial charge in [-0.2, -0.15) is 0 Å². The minimum absolute atomic E-state index is 0.285. The summed E-state index contributed by atoms with van der Waals surface area (Å²) in [6.45, 7) is 17.7. The quantitative estimate of drug-likeness (QED) is 0.661. The molecule has 0 bridgehead atoms. The zero-order chi connectivity index (χ0) is 14.9. The summed E-state index contributed by atoms with van der Waals surface area (Å²) in [6.07, 6.45) is 2.42. The predicted molar refractivity (Wildman–Crippen MR) is 84.7 cm³/mol. The van der Waals surface area contributed by atoms with Gasteiger partial charge in [0.05, 0.1) is 6.61 Å². The van der Waals surface area contributed by atoms with Gasteiger partial charge in [-0.05, 0) is 24.8 Å². The molecule has 0 aliphatic carbocycles. The molecular weight excluding hydrogens is 236 g/mol. The fraction of sp³-hybridized carbons (Fsp3) is 1.00. The summed E-state index contributed by atoms with van der Waals surface area (Å²) in [5.74, 6) is 0. The number of hydrogen-bond acceptors (Lipinski definition) is 3. The van der Waals surface area contributed by atoms with Gasteiger partial charge in [0.1, 0.15) is 0 Å². The second-order valence-corrected chi connectivity index (χ2v) is 6.43. The van der Waals surface area contributed by atoms with Crippen molar-refractivity contribution in [3.05, 3.63) is 0 Å². The molecule has 0 aliphatic heterocycles. The van der Waals surface area contributed by atoms with E-state index in [1.54, 1.807) is 7.11 Å². The van der Waals surface area contributed by atoms with Crippen LogP contribution in [0, 0.1) is 5.41 Å². The van der Waals surface area contributed by atoms with Gasteiger partial charge in [-0.25, -0.2) is 0 Å². The monoisotopic (exact) mass is 272 g/mol. The van der Waals surface area contributed by atoms with Gasteiger partial charge in [-0.1, -0.05) is 41.5 Å². The molecule has 0 heterocycles. The van der Waals surface area contributed by atoms with Crippen LogP contribution in [0.2, 0.25) is 0 Å². The van der Waals surface area contributed by atoms with Crippen LogP contribution in [0.4, 0.5) is 0 Å². The van der Waals surface area contributed by atoms with E-state index in [0.717, 1.165) is 26.2 Å². The van der Waals surface area contributed by atoms with Crippen LogP contribution in [0.3, 0.4) is 0 Å². The first-order chi connectivity index (χ1) is 8.90. The first-order valence-electron chi connectivity index (χ1n) is 7.86. The molecule has 1 unspecified atom stereocenters. The first-order valence-corrected chi connectivity index (χ1v) is 7.86. The van der Waals surface area contributed by atoms with E-state index in [1.165, 1.54) is 12.8 Å². The van der Waals surface area contributed by atoms with Crippen LogP contribution < -0.4 is 5.32 Å². The number of nitrogens with one attached hydrogen (secondary N) is 1. The lowest BCUT2D eigenvalue weighted by molar-refractivity contribution is 0.0886. The maximum absolute atomic E-state index is 5.28. The molecule has 0 spiro atoms. The largest absolute Gasteiger partial charge is 0.383 e. The molecule has 0 aromatic carbocycles. The number of nitrogens with zero attached hydrogens (tertiary/aromatic N) is 1. The summed E-state index contributed by atoms with van der Waals surface area (Å²) in [5.41, 5.74) is 0.285. The third kappa shape index (κ3) is 7.28. The van der Waals surface area contributed by atoms with Crippen LogP contribution in [0.1, 0.15) is 54.4 Å². The maximum atomic E-state index is 5.28. The Balaban J connectivity index is 4.73. The highest BCUT2D eigenvalue weighted by molar-refractivity contribution is 4.85. The molecule has 0 rings (SSSR count). The molecule has 0 saturated heterocycles. The highest BCUT2D eigenvalue weighted by Crippen LogP contribution is 2.21. The van der Waals surface area contributed by atoms with E-state index in [0.29, 0.717) is 12.1 Å². The lowest BCUT2D eigenvalue weighted by atomic mass is 9.86. The molecule has 19 heavy (non-hydrogen) atoms. The first kappa shape index (κ1) is 18.9. The summed E-state index contributed by atoms with van der Waals surface area (Å²) in [5, 5.41) is 3.65. The van der Waals surface area contributed by atoms with Gasteiger partial charge >= 0.3 is 0 Å². The minimum Gasteiger partial charge on any atom is -0.383 e. The molecule has 0 aliphatic rings. The molecule has 0 radical (unpaired) electrons. The maximum Gasteiger partial charge on any atom is 0.0589 e.